The molecule has 0 N–H and O–H groups in total. The Morgan fingerprint density at radius 3 is 1.13 bits per heavy atom. The first-order valence-electron chi connectivity index (χ1n) is 18.4. The lowest BCUT2D eigenvalue weighted by Crippen LogP contribution is -2.36. The maximum atomic E-state index is 14.0. The normalized spacial score (nSPS) is 12.2. The van der Waals surface area contributed by atoms with Crippen LogP contribution < -0.4 is 0 Å². The summed E-state index contributed by atoms with van der Waals surface area (Å²) in [5, 5.41) is 0. The van der Waals surface area contributed by atoms with Crippen molar-refractivity contribution in [1.82, 2.24) is 0 Å². The van der Waals surface area contributed by atoms with Gasteiger partial charge in [-0.2, -0.15) is 0 Å². The molecule has 1 rings (SSSR count). The van der Waals surface area contributed by atoms with Crippen LogP contribution >= 0.6 is 0 Å². The highest BCUT2D eigenvalue weighted by atomic mass is 16.6. The predicted molar refractivity (Wildman–Crippen MR) is 185 cm³/mol. The Morgan fingerprint density at radius 1 is 0.467 bits per heavy atom. The lowest BCUT2D eigenvalue weighted by atomic mass is 9.89. The van der Waals surface area contributed by atoms with Gasteiger partial charge in [0.05, 0.1) is 16.7 Å². The van der Waals surface area contributed by atoms with Gasteiger partial charge < -0.3 is 14.2 Å². The second-order valence-corrected chi connectivity index (χ2v) is 13.0. The summed E-state index contributed by atoms with van der Waals surface area (Å²) in [4.78, 5) is 41.5. The first kappa shape index (κ1) is 40.7. The highest BCUT2D eigenvalue weighted by molar-refractivity contribution is 6.05. The van der Waals surface area contributed by atoms with E-state index in [-0.39, 0.29) is 16.7 Å². The molecular formula is C39H66O6. The van der Waals surface area contributed by atoms with E-state index in [4.69, 9.17) is 14.2 Å². The van der Waals surface area contributed by atoms with E-state index in [0.29, 0.717) is 38.5 Å². The highest BCUT2D eigenvalue weighted by Crippen LogP contribution is 2.33. The van der Waals surface area contributed by atoms with Crippen LogP contribution in [-0.2, 0) is 14.2 Å². The van der Waals surface area contributed by atoms with Crippen molar-refractivity contribution in [3.05, 3.63) is 34.9 Å². The van der Waals surface area contributed by atoms with Crippen LogP contribution in [0.2, 0.25) is 0 Å². The van der Waals surface area contributed by atoms with Crippen LogP contribution in [0.1, 0.15) is 209 Å². The van der Waals surface area contributed by atoms with E-state index in [1.54, 1.807) is 12.1 Å². The minimum Gasteiger partial charge on any atom is -0.456 e. The fourth-order valence-electron chi connectivity index (χ4n) is 6.27. The third-order valence-corrected chi connectivity index (χ3v) is 10.2. The number of ether oxygens (including phenoxy) is 3. The van der Waals surface area contributed by atoms with Crippen LogP contribution in [0.15, 0.2) is 18.2 Å². The molecule has 0 aliphatic rings. The second-order valence-electron chi connectivity index (χ2n) is 13.0. The maximum Gasteiger partial charge on any atom is 0.339 e. The van der Waals surface area contributed by atoms with Gasteiger partial charge in [-0.15, -0.1) is 0 Å². The van der Waals surface area contributed by atoms with Crippen LogP contribution in [0.3, 0.4) is 0 Å². The van der Waals surface area contributed by atoms with Crippen LogP contribution in [0.4, 0.5) is 0 Å². The zero-order valence-electron chi connectivity index (χ0n) is 30.4. The van der Waals surface area contributed by atoms with Crippen molar-refractivity contribution in [2.45, 2.75) is 195 Å². The fraction of sp³-hybridized carbons (Fsp3) is 0.769. The molecule has 6 heteroatoms. The Hall–Kier alpha value is -2.37. The van der Waals surface area contributed by atoms with E-state index in [1.165, 1.54) is 6.07 Å². The molecule has 1 aromatic rings. The van der Waals surface area contributed by atoms with E-state index in [0.717, 1.165) is 77.0 Å². The molecule has 1 aromatic carbocycles. The molecular weight excluding hydrogens is 564 g/mol. The molecule has 0 saturated carbocycles. The van der Waals surface area contributed by atoms with Gasteiger partial charge in [-0.25, -0.2) is 14.4 Å². The van der Waals surface area contributed by atoms with Gasteiger partial charge in [0.1, 0.15) is 16.8 Å². The molecule has 0 heterocycles. The average Bonchev–Trinajstić information content (AvgIpc) is 3.06. The number of carbonyl (C=O) groups is 3. The lowest BCUT2D eigenvalue weighted by molar-refractivity contribution is -0.0328. The van der Waals surface area contributed by atoms with Crippen molar-refractivity contribution in [3.8, 4) is 0 Å². The molecule has 6 nitrogen and oxygen atoms in total. The molecule has 0 aliphatic carbocycles. The SMILES string of the molecule is CCCCCC(CC)(CC)OC(=O)c1ccc(C(=O)OC(CC)(CC)CCCCC)c(C(=O)OC(CC)(CC)CCCCC)c1. The second kappa shape index (κ2) is 20.7. The molecule has 0 radical (unpaired) electrons. The quantitative estimate of drug-likeness (QED) is 0.0642. The molecule has 0 aliphatic heterocycles. The van der Waals surface area contributed by atoms with Crippen molar-refractivity contribution >= 4 is 17.9 Å². The number of rotatable bonds is 24. The summed E-state index contributed by atoms with van der Waals surface area (Å²) in [6.07, 6.45) is 15.8. The van der Waals surface area contributed by atoms with Gasteiger partial charge >= 0.3 is 17.9 Å². The molecule has 45 heavy (non-hydrogen) atoms. The van der Waals surface area contributed by atoms with Crippen molar-refractivity contribution in [1.29, 1.82) is 0 Å². The number of carbonyl (C=O) groups excluding carboxylic acids is 3. The molecule has 0 spiro atoms. The smallest absolute Gasteiger partial charge is 0.339 e. The minimum absolute atomic E-state index is 0.0652. The zero-order chi connectivity index (χ0) is 33.9. The Balaban J connectivity index is 3.58. The van der Waals surface area contributed by atoms with Gasteiger partial charge in [0.2, 0.25) is 0 Å². The van der Waals surface area contributed by atoms with Crippen LogP contribution in [0, 0.1) is 0 Å². The molecule has 0 amide bonds. The van der Waals surface area contributed by atoms with E-state index in [9.17, 15) is 14.4 Å². The molecule has 0 atom stereocenters. The summed E-state index contributed by atoms with van der Waals surface area (Å²) in [5.74, 6) is -1.63. The van der Waals surface area contributed by atoms with Crippen molar-refractivity contribution in [3.63, 3.8) is 0 Å². The number of benzene rings is 1. The fourth-order valence-corrected chi connectivity index (χ4v) is 6.27. The number of unbranched alkanes of at least 4 members (excludes halogenated alkanes) is 6. The third kappa shape index (κ3) is 12.1. The number of esters is 3. The first-order valence-corrected chi connectivity index (χ1v) is 18.4. The Labute approximate surface area is 275 Å². The molecule has 0 saturated heterocycles. The molecule has 0 bridgehead atoms. The Kier molecular flexibility index (Phi) is 18.7. The third-order valence-electron chi connectivity index (χ3n) is 10.2. The standard InChI is InChI=1S/C39H66O6/c1-10-19-22-27-37(13-4,14-5)43-34(40)31-25-26-32(35(41)44-38(15-6,16-7)28-23-20-11-2)33(30-31)36(42)45-39(17-8,18-9)29-24-21-12-3/h25-26,30H,10-24,27-29H2,1-9H3. The summed E-state index contributed by atoms with van der Waals surface area (Å²) in [7, 11) is 0. The van der Waals surface area contributed by atoms with E-state index in [1.807, 2.05) is 41.5 Å². The topological polar surface area (TPSA) is 78.9 Å². The zero-order valence-corrected chi connectivity index (χ0v) is 30.4. The van der Waals surface area contributed by atoms with Gasteiger partial charge in [0.25, 0.3) is 0 Å². The van der Waals surface area contributed by atoms with Gasteiger partial charge in [0, 0.05) is 0 Å². The molecule has 0 unspecified atom stereocenters. The van der Waals surface area contributed by atoms with Crippen molar-refractivity contribution < 1.29 is 28.6 Å². The number of hydrogen-bond donors (Lipinski definition) is 0. The van der Waals surface area contributed by atoms with Crippen molar-refractivity contribution in [2.24, 2.45) is 0 Å². The van der Waals surface area contributed by atoms with E-state index < -0.39 is 34.7 Å². The van der Waals surface area contributed by atoms with Crippen molar-refractivity contribution in [2.75, 3.05) is 0 Å². The monoisotopic (exact) mass is 630 g/mol. The molecule has 0 fully saturated rings. The average molecular weight is 631 g/mol. The maximum absolute atomic E-state index is 14.0. The largest absolute Gasteiger partial charge is 0.456 e. The first-order chi connectivity index (χ1) is 21.5. The summed E-state index contributed by atoms with van der Waals surface area (Å²) in [5.41, 5.74) is -1.38. The van der Waals surface area contributed by atoms with Gasteiger partial charge in [-0.05, 0) is 95.2 Å². The van der Waals surface area contributed by atoms with Gasteiger partial charge in [-0.1, -0.05) is 101 Å². The summed E-state index contributed by atoms with van der Waals surface area (Å²) < 4.78 is 18.7. The van der Waals surface area contributed by atoms with E-state index in [2.05, 4.69) is 20.8 Å². The predicted octanol–water partition coefficient (Wildman–Crippen LogP) is 11.6. The van der Waals surface area contributed by atoms with Crippen LogP contribution in [-0.4, -0.2) is 34.7 Å². The van der Waals surface area contributed by atoms with Gasteiger partial charge in [-0.3, -0.25) is 0 Å². The minimum atomic E-state index is -0.639. The van der Waals surface area contributed by atoms with Crippen LogP contribution in [0.25, 0.3) is 0 Å². The van der Waals surface area contributed by atoms with E-state index >= 15 is 0 Å². The van der Waals surface area contributed by atoms with Crippen LogP contribution in [0.5, 0.6) is 0 Å². The highest BCUT2D eigenvalue weighted by Gasteiger charge is 2.36. The lowest BCUT2D eigenvalue weighted by Gasteiger charge is -2.33. The summed E-state index contributed by atoms with van der Waals surface area (Å²) in [6.45, 7) is 18.7. The number of hydrogen-bond acceptors (Lipinski definition) is 6. The summed E-state index contributed by atoms with van der Waals surface area (Å²) >= 11 is 0. The molecule has 0 aromatic heterocycles. The molecule has 258 valence electrons. The van der Waals surface area contributed by atoms with Gasteiger partial charge in [0.15, 0.2) is 0 Å². The summed E-state index contributed by atoms with van der Waals surface area (Å²) in [6, 6.07) is 4.62. The Morgan fingerprint density at radius 2 is 0.800 bits per heavy atom. The Bertz CT molecular complexity index is 1020.